The highest BCUT2D eigenvalue weighted by Crippen LogP contribution is 1.98. The van der Waals surface area contributed by atoms with Crippen molar-refractivity contribution < 1.29 is 17.4 Å². The minimum absolute atomic E-state index is 0.185. The first-order valence-corrected chi connectivity index (χ1v) is 7.17. The smallest absolute Gasteiger partial charge is 0.265 e. The third-order valence-corrected chi connectivity index (χ3v) is 2.39. The van der Waals surface area contributed by atoms with Crippen molar-refractivity contribution in [1.82, 2.24) is 4.98 Å². The maximum absolute atomic E-state index is 10.7. The molecule has 19 heavy (non-hydrogen) atoms. The van der Waals surface area contributed by atoms with Crippen LogP contribution in [-0.2, 0) is 25.6 Å². The second kappa shape index (κ2) is 7.51. The lowest BCUT2D eigenvalue weighted by atomic mass is 10.2. The van der Waals surface area contributed by atoms with Crippen LogP contribution in [0.1, 0.15) is 11.4 Å². The summed E-state index contributed by atoms with van der Waals surface area (Å²) < 4.78 is 25.9. The van der Waals surface area contributed by atoms with Crippen LogP contribution in [0.25, 0.3) is 0 Å². The average Bonchev–Trinajstić information content (AvgIpc) is 2.35. The van der Waals surface area contributed by atoms with E-state index in [2.05, 4.69) is 31.0 Å². The second-order valence-corrected chi connectivity index (χ2v) is 5.10. The first-order chi connectivity index (χ1) is 9.01. The maximum atomic E-state index is 10.7. The molecule has 102 valence electrons. The van der Waals surface area contributed by atoms with E-state index in [1.165, 1.54) is 7.11 Å². The van der Waals surface area contributed by atoms with E-state index in [1.54, 1.807) is 12.3 Å². The number of rotatable bonds is 5. The Morgan fingerprint density at radius 3 is 2.95 bits per heavy atom. The minimum Gasteiger partial charge on any atom is -0.399 e. The normalized spacial score (nSPS) is 11.1. The Morgan fingerprint density at radius 2 is 2.26 bits per heavy atom. The van der Waals surface area contributed by atoms with Crippen LogP contribution in [0.3, 0.4) is 0 Å². The van der Waals surface area contributed by atoms with Crippen molar-refractivity contribution in [2.24, 2.45) is 5.16 Å². The molecule has 1 heterocycles. The summed E-state index contributed by atoms with van der Waals surface area (Å²) in [4.78, 5) is 8.80. The molecule has 0 radical (unpaired) electrons. The summed E-state index contributed by atoms with van der Waals surface area (Å²) in [5.41, 5.74) is 1.33. The minimum atomic E-state index is -3.46. The molecule has 0 amide bonds. The van der Waals surface area contributed by atoms with Crippen molar-refractivity contribution in [1.29, 1.82) is 0 Å². The van der Waals surface area contributed by atoms with Crippen LogP contribution in [0.4, 0.5) is 0 Å². The highest BCUT2D eigenvalue weighted by molar-refractivity contribution is 7.85. The fraction of sp³-hybridized carbons (Fsp3) is 0.333. The van der Waals surface area contributed by atoms with E-state index < -0.39 is 10.1 Å². The number of pyridine rings is 1. The molecule has 0 spiro atoms. The molecule has 0 bridgehead atoms. The molecule has 0 atom stereocenters. The van der Waals surface area contributed by atoms with E-state index in [1.807, 2.05) is 12.1 Å². The quantitative estimate of drug-likeness (QED) is 0.342. The molecule has 7 heteroatoms. The molecule has 0 saturated carbocycles. The summed E-state index contributed by atoms with van der Waals surface area (Å²) in [6.07, 6.45) is 3.10. The van der Waals surface area contributed by atoms with Crippen molar-refractivity contribution in [2.45, 2.75) is 6.42 Å². The highest BCUT2D eigenvalue weighted by Gasteiger charge is 1.98. The molecule has 0 aromatic carbocycles. The SMILES string of the molecule is CON=CCc1cccc(C#CCOS(C)(=O)=O)n1. The first-order valence-electron chi connectivity index (χ1n) is 5.35. The van der Waals surface area contributed by atoms with E-state index in [-0.39, 0.29) is 6.61 Å². The Labute approximate surface area is 112 Å². The third kappa shape index (κ3) is 7.18. The molecule has 0 aliphatic rings. The van der Waals surface area contributed by atoms with Crippen LogP contribution in [0.2, 0.25) is 0 Å². The Bertz CT molecular complexity index is 600. The number of aromatic nitrogens is 1. The number of oxime groups is 1. The zero-order valence-electron chi connectivity index (χ0n) is 10.7. The van der Waals surface area contributed by atoms with Gasteiger partial charge in [0.25, 0.3) is 10.1 Å². The van der Waals surface area contributed by atoms with Gasteiger partial charge in [0.2, 0.25) is 0 Å². The van der Waals surface area contributed by atoms with Gasteiger partial charge in [0.05, 0.1) is 6.26 Å². The summed E-state index contributed by atoms with van der Waals surface area (Å²) in [5.74, 6) is 5.30. The van der Waals surface area contributed by atoms with Crippen LogP contribution >= 0.6 is 0 Å². The van der Waals surface area contributed by atoms with E-state index in [9.17, 15) is 8.42 Å². The average molecular weight is 282 g/mol. The van der Waals surface area contributed by atoms with Gasteiger partial charge >= 0.3 is 0 Å². The number of nitrogens with zero attached hydrogens (tertiary/aromatic N) is 2. The van der Waals surface area contributed by atoms with E-state index in [4.69, 9.17) is 0 Å². The maximum Gasteiger partial charge on any atom is 0.265 e. The monoisotopic (exact) mass is 282 g/mol. The van der Waals surface area contributed by atoms with E-state index in [0.717, 1.165) is 11.9 Å². The van der Waals surface area contributed by atoms with E-state index in [0.29, 0.717) is 12.1 Å². The zero-order chi connectivity index (χ0) is 14.1. The number of hydrogen-bond donors (Lipinski definition) is 0. The number of hydrogen-bond acceptors (Lipinski definition) is 6. The summed E-state index contributed by atoms with van der Waals surface area (Å²) >= 11 is 0. The van der Waals surface area contributed by atoms with Crippen LogP contribution in [0.15, 0.2) is 23.4 Å². The van der Waals surface area contributed by atoms with Gasteiger partial charge in [-0.2, -0.15) is 8.42 Å². The standard InChI is InChI=1S/C12H14N2O4S/c1-17-13-9-8-12-6-3-5-11(14-12)7-4-10-18-19(2,15)16/h3,5-6,9H,8,10H2,1-2H3. The van der Waals surface area contributed by atoms with Crippen molar-refractivity contribution >= 4 is 16.3 Å². The third-order valence-electron chi connectivity index (χ3n) is 1.85. The predicted octanol–water partition coefficient (Wildman–Crippen LogP) is 0.584. The molecule has 0 saturated heterocycles. The Kier molecular flexibility index (Phi) is 5.99. The van der Waals surface area contributed by atoms with Crippen LogP contribution in [0, 0.1) is 11.8 Å². The summed E-state index contributed by atoms with van der Waals surface area (Å²) in [7, 11) is -1.99. The topological polar surface area (TPSA) is 77.9 Å². The van der Waals surface area contributed by atoms with Crippen LogP contribution < -0.4 is 0 Å². The van der Waals surface area contributed by atoms with Crippen molar-refractivity contribution in [2.75, 3.05) is 20.0 Å². The lowest BCUT2D eigenvalue weighted by Gasteiger charge is -1.96. The molecule has 1 aromatic heterocycles. The highest BCUT2D eigenvalue weighted by atomic mass is 32.2. The molecular formula is C12H14N2O4S. The largest absolute Gasteiger partial charge is 0.399 e. The molecule has 0 aliphatic carbocycles. The summed E-state index contributed by atoms with van der Waals surface area (Å²) in [6.45, 7) is -0.185. The van der Waals surface area contributed by atoms with Crippen LogP contribution in [0.5, 0.6) is 0 Å². The summed E-state index contributed by atoms with van der Waals surface area (Å²) in [5, 5.41) is 3.61. The van der Waals surface area contributed by atoms with Gasteiger partial charge in [-0.1, -0.05) is 17.1 Å². The van der Waals surface area contributed by atoms with Gasteiger partial charge in [-0.15, -0.1) is 0 Å². The first kappa shape index (κ1) is 15.1. The van der Waals surface area contributed by atoms with Crippen molar-refractivity contribution in [3.8, 4) is 11.8 Å². The second-order valence-electron chi connectivity index (χ2n) is 3.46. The zero-order valence-corrected chi connectivity index (χ0v) is 11.5. The molecule has 0 N–H and O–H groups in total. The molecule has 0 aliphatic heterocycles. The lowest BCUT2D eigenvalue weighted by Crippen LogP contribution is -2.02. The Hall–Kier alpha value is -1.91. The van der Waals surface area contributed by atoms with Gasteiger partial charge in [0, 0.05) is 18.3 Å². The molecule has 1 rings (SSSR count). The van der Waals surface area contributed by atoms with Gasteiger partial charge in [0.1, 0.15) is 19.4 Å². The molecular weight excluding hydrogens is 268 g/mol. The van der Waals surface area contributed by atoms with E-state index >= 15 is 0 Å². The fourth-order valence-corrected chi connectivity index (χ4v) is 1.40. The lowest BCUT2D eigenvalue weighted by molar-refractivity contribution is 0.214. The summed E-state index contributed by atoms with van der Waals surface area (Å²) in [6, 6.07) is 5.37. The van der Waals surface area contributed by atoms with Gasteiger partial charge in [0.15, 0.2) is 0 Å². The van der Waals surface area contributed by atoms with Gasteiger partial charge in [-0.25, -0.2) is 4.98 Å². The molecule has 0 fully saturated rings. The van der Waals surface area contributed by atoms with Crippen molar-refractivity contribution in [3.63, 3.8) is 0 Å². The van der Waals surface area contributed by atoms with Gasteiger partial charge < -0.3 is 4.84 Å². The van der Waals surface area contributed by atoms with Gasteiger partial charge in [-0.05, 0) is 18.1 Å². The fourth-order valence-electron chi connectivity index (χ4n) is 1.13. The predicted molar refractivity (Wildman–Crippen MR) is 71.1 cm³/mol. The Balaban J connectivity index is 2.62. The Morgan fingerprint density at radius 1 is 1.47 bits per heavy atom. The van der Waals surface area contributed by atoms with Crippen LogP contribution in [-0.4, -0.2) is 39.6 Å². The molecule has 0 unspecified atom stereocenters. The van der Waals surface area contributed by atoms with Crippen molar-refractivity contribution in [3.05, 3.63) is 29.6 Å². The molecule has 1 aromatic rings. The van der Waals surface area contributed by atoms with Gasteiger partial charge in [-0.3, -0.25) is 4.18 Å². The molecule has 6 nitrogen and oxygen atoms in total.